The van der Waals surface area contributed by atoms with Gasteiger partial charge in [0.2, 0.25) is 5.95 Å². The molecule has 1 aliphatic heterocycles. The van der Waals surface area contributed by atoms with Crippen LogP contribution in [0.1, 0.15) is 0 Å². The monoisotopic (exact) mass is 241 g/mol. The number of para-hydroxylation sites is 2. The Morgan fingerprint density at radius 1 is 1.11 bits per heavy atom. The molecule has 0 amide bonds. The maximum absolute atomic E-state index is 5.65. The molecule has 1 aromatic carbocycles. The van der Waals surface area contributed by atoms with Gasteiger partial charge in [0.15, 0.2) is 0 Å². The fraction of sp³-hybridized carbons (Fsp3) is 0.231. The lowest BCUT2D eigenvalue weighted by Gasteiger charge is -2.36. The molecule has 0 bridgehead atoms. The number of rotatable bonds is 1. The van der Waals surface area contributed by atoms with Crippen molar-refractivity contribution in [1.82, 2.24) is 9.97 Å². The first-order valence-electron chi connectivity index (χ1n) is 5.92. The van der Waals surface area contributed by atoms with E-state index in [-0.39, 0.29) is 0 Å². The molecule has 0 atom stereocenters. The maximum Gasteiger partial charge on any atom is 0.221 e. The van der Waals surface area contributed by atoms with Gasteiger partial charge in [0.05, 0.1) is 11.4 Å². The second kappa shape index (κ2) is 4.18. The zero-order valence-electron chi connectivity index (χ0n) is 10.2. The van der Waals surface area contributed by atoms with Crippen molar-refractivity contribution >= 4 is 23.1 Å². The highest BCUT2D eigenvalue weighted by molar-refractivity contribution is 5.78. The van der Waals surface area contributed by atoms with Gasteiger partial charge in [-0.2, -0.15) is 4.98 Å². The average Bonchev–Trinajstić information content (AvgIpc) is 2.39. The lowest BCUT2D eigenvalue weighted by Crippen LogP contribution is -2.36. The molecular weight excluding hydrogens is 226 g/mol. The first-order chi connectivity index (χ1) is 8.75. The lowest BCUT2D eigenvalue weighted by molar-refractivity contribution is 0.812. The van der Waals surface area contributed by atoms with Crippen molar-refractivity contribution in [1.29, 1.82) is 0 Å². The third-order valence-electron chi connectivity index (χ3n) is 3.18. The Hall–Kier alpha value is -2.30. The minimum Gasteiger partial charge on any atom is -0.371 e. The highest BCUT2D eigenvalue weighted by atomic mass is 15.3. The van der Waals surface area contributed by atoms with E-state index < -0.39 is 0 Å². The van der Waals surface area contributed by atoms with Crippen molar-refractivity contribution in [3.05, 3.63) is 36.5 Å². The van der Waals surface area contributed by atoms with Crippen molar-refractivity contribution < 1.29 is 0 Å². The number of nitrogens with two attached hydrogens (primary N) is 1. The van der Waals surface area contributed by atoms with Gasteiger partial charge in [0.25, 0.3) is 0 Å². The van der Waals surface area contributed by atoms with E-state index in [4.69, 9.17) is 5.73 Å². The molecule has 0 spiro atoms. The molecule has 2 N–H and O–H groups in total. The van der Waals surface area contributed by atoms with Crippen molar-refractivity contribution in [3.8, 4) is 0 Å². The molecule has 0 saturated carbocycles. The number of benzene rings is 1. The predicted octanol–water partition coefficient (Wildman–Crippen LogP) is 1.65. The predicted molar refractivity (Wildman–Crippen MR) is 73.2 cm³/mol. The molecule has 18 heavy (non-hydrogen) atoms. The van der Waals surface area contributed by atoms with Gasteiger partial charge in [-0.05, 0) is 18.2 Å². The van der Waals surface area contributed by atoms with Gasteiger partial charge in [0.1, 0.15) is 5.82 Å². The SMILES string of the molecule is CN1CCN(c2ccnc(N)n2)c2ccccc21. The Morgan fingerprint density at radius 2 is 1.89 bits per heavy atom. The molecule has 0 aliphatic carbocycles. The molecule has 2 heterocycles. The van der Waals surface area contributed by atoms with Gasteiger partial charge >= 0.3 is 0 Å². The molecule has 2 aromatic rings. The standard InChI is InChI=1S/C13H15N5/c1-17-8-9-18(11-5-3-2-4-10(11)17)12-6-7-15-13(14)16-12/h2-7H,8-9H2,1H3,(H2,14,15,16). The fourth-order valence-electron chi connectivity index (χ4n) is 2.26. The van der Waals surface area contributed by atoms with E-state index in [1.54, 1.807) is 6.20 Å². The van der Waals surface area contributed by atoms with Crippen LogP contribution in [0.5, 0.6) is 0 Å². The highest BCUT2D eigenvalue weighted by Gasteiger charge is 2.21. The molecule has 0 fully saturated rings. The maximum atomic E-state index is 5.65. The minimum absolute atomic E-state index is 0.309. The number of likely N-dealkylation sites (N-methyl/N-ethyl adjacent to an activating group) is 1. The van der Waals surface area contributed by atoms with Crippen molar-refractivity contribution in [2.24, 2.45) is 0 Å². The van der Waals surface area contributed by atoms with E-state index >= 15 is 0 Å². The fourth-order valence-corrected chi connectivity index (χ4v) is 2.26. The summed E-state index contributed by atoms with van der Waals surface area (Å²) in [5.74, 6) is 1.16. The first-order valence-corrected chi connectivity index (χ1v) is 5.92. The summed E-state index contributed by atoms with van der Waals surface area (Å²) < 4.78 is 0. The lowest BCUT2D eigenvalue weighted by atomic mass is 10.2. The van der Waals surface area contributed by atoms with Crippen LogP contribution in [-0.2, 0) is 0 Å². The van der Waals surface area contributed by atoms with Crippen LogP contribution in [-0.4, -0.2) is 30.1 Å². The van der Waals surface area contributed by atoms with Crippen molar-refractivity contribution in [3.63, 3.8) is 0 Å². The van der Waals surface area contributed by atoms with Gasteiger partial charge < -0.3 is 15.5 Å². The van der Waals surface area contributed by atoms with E-state index in [1.165, 1.54) is 5.69 Å². The van der Waals surface area contributed by atoms with Gasteiger partial charge in [0, 0.05) is 26.3 Å². The van der Waals surface area contributed by atoms with E-state index in [2.05, 4.69) is 38.9 Å². The number of hydrogen-bond acceptors (Lipinski definition) is 5. The van der Waals surface area contributed by atoms with Crippen LogP contribution in [0.3, 0.4) is 0 Å². The summed E-state index contributed by atoms with van der Waals surface area (Å²) in [5, 5.41) is 0. The molecule has 5 nitrogen and oxygen atoms in total. The summed E-state index contributed by atoms with van der Waals surface area (Å²) in [4.78, 5) is 12.7. The Kier molecular flexibility index (Phi) is 2.51. The van der Waals surface area contributed by atoms with E-state index in [0.717, 1.165) is 24.6 Å². The number of fused-ring (bicyclic) bond motifs is 1. The Bertz CT molecular complexity index is 569. The highest BCUT2D eigenvalue weighted by Crippen LogP contribution is 2.35. The van der Waals surface area contributed by atoms with Crippen LogP contribution in [0.4, 0.5) is 23.1 Å². The summed E-state index contributed by atoms with van der Waals surface area (Å²) in [6.07, 6.45) is 1.69. The van der Waals surface area contributed by atoms with Gasteiger partial charge in [-0.1, -0.05) is 12.1 Å². The van der Waals surface area contributed by atoms with E-state index in [9.17, 15) is 0 Å². The number of nitrogen functional groups attached to an aromatic ring is 1. The molecular formula is C13H15N5. The van der Waals surface area contributed by atoms with Crippen LogP contribution in [0.15, 0.2) is 36.5 Å². The van der Waals surface area contributed by atoms with Crippen LogP contribution in [0.2, 0.25) is 0 Å². The normalized spacial score (nSPS) is 14.5. The Balaban J connectivity index is 2.07. The molecule has 3 rings (SSSR count). The largest absolute Gasteiger partial charge is 0.371 e. The van der Waals surface area contributed by atoms with E-state index in [0.29, 0.717) is 5.95 Å². The third kappa shape index (κ3) is 1.73. The van der Waals surface area contributed by atoms with Crippen LogP contribution < -0.4 is 15.5 Å². The molecule has 92 valence electrons. The molecule has 1 aliphatic rings. The second-order valence-corrected chi connectivity index (χ2v) is 4.33. The second-order valence-electron chi connectivity index (χ2n) is 4.33. The van der Waals surface area contributed by atoms with Gasteiger partial charge in [-0.15, -0.1) is 0 Å². The minimum atomic E-state index is 0.309. The molecule has 5 heteroatoms. The summed E-state index contributed by atoms with van der Waals surface area (Å²) in [7, 11) is 2.10. The Morgan fingerprint density at radius 3 is 2.67 bits per heavy atom. The number of aromatic nitrogens is 2. The molecule has 0 unspecified atom stereocenters. The Labute approximate surface area is 106 Å². The topological polar surface area (TPSA) is 58.3 Å². The first kappa shape index (κ1) is 10.8. The molecule has 1 aromatic heterocycles. The summed E-state index contributed by atoms with van der Waals surface area (Å²) >= 11 is 0. The smallest absolute Gasteiger partial charge is 0.221 e. The number of nitrogens with zero attached hydrogens (tertiary/aromatic N) is 4. The van der Waals surface area contributed by atoms with Crippen LogP contribution in [0.25, 0.3) is 0 Å². The summed E-state index contributed by atoms with van der Waals surface area (Å²) in [6, 6.07) is 10.2. The van der Waals surface area contributed by atoms with Crippen LogP contribution in [0, 0.1) is 0 Å². The quantitative estimate of drug-likeness (QED) is 0.822. The summed E-state index contributed by atoms with van der Waals surface area (Å²) in [6.45, 7) is 1.85. The number of hydrogen-bond donors (Lipinski definition) is 1. The van der Waals surface area contributed by atoms with E-state index in [1.807, 2.05) is 18.2 Å². The van der Waals surface area contributed by atoms with Gasteiger partial charge in [-0.3, -0.25) is 0 Å². The molecule has 0 saturated heterocycles. The zero-order chi connectivity index (χ0) is 12.5. The molecule has 0 radical (unpaired) electrons. The number of anilines is 4. The van der Waals surface area contributed by atoms with Gasteiger partial charge in [-0.25, -0.2) is 4.98 Å². The van der Waals surface area contributed by atoms with Crippen molar-refractivity contribution in [2.45, 2.75) is 0 Å². The average molecular weight is 241 g/mol. The third-order valence-corrected chi connectivity index (χ3v) is 3.18. The zero-order valence-corrected chi connectivity index (χ0v) is 10.2. The van der Waals surface area contributed by atoms with Crippen LogP contribution >= 0.6 is 0 Å². The summed E-state index contributed by atoms with van der Waals surface area (Å²) in [5.41, 5.74) is 8.02. The van der Waals surface area contributed by atoms with Crippen molar-refractivity contribution in [2.75, 3.05) is 35.7 Å².